The minimum atomic E-state index is -0.0265. The van der Waals surface area contributed by atoms with Gasteiger partial charge in [0.15, 0.2) is 5.96 Å². The molecule has 0 saturated heterocycles. The van der Waals surface area contributed by atoms with Crippen molar-refractivity contribution >= 4 is 29.9 Å². The summed E-state index contributed by atoms with van der Waals surface area (Å²) < 4.78 is 2.15. The van der Waals surface area contributed by atoms with E-state index in [-0.39, 0.29) is 29.5 Å². The van der Waals surface area contributed by atoms with Crippen molar-refractivity contribution in [1.29, 1.82) is 0 Å². The third-order valence-corrected chi connectivity index (χ3v) is 3.13. The molecule has 2 N–H and O–H groups in total. The number of hydrogen-bond acceptors (Lipinski definition) is 2. The van der Waals surface area contributed by atoms with E-state index in [1.54, 1.807) is 7.05 Å². The van der Waals surface area contributed by atoms with Gasteiger partial charge < -0.3 is 15.2 Å². The standard InChI is InChI=1S/C17H25N5.HI/c1-17(2,3)21-16(18-4)20-12-15-19-10-11-22(15)13-14-8-6-5-7-9-14;/h5-11H,12-13H2,1-4H3,(H2,18,20,21);1H. The minimum Gasteiger partial charge on any atom is -0.352 e. The van der Waals surface area contributed by atoms with Crippen LogP contribution in [0.5, 0.6) is 0 Å². The maximum atomic E-state index is 4.43. The molecule has 2 rings (SSSR count). The molecular weight excluding hydrogens is 401 g/mol. The van der Waals surface area contributed by atoms with E-state index in [1.165, 1.54) is 5.56 Å². The van der Waals surface area contributed by atoms with Gasteiger partial charge in [0.1, 0.15) is 5.82 Å². The largest absolute Gasteiger partial charge is 0.352 e. The summed E-state index contributed by atoms with van der Waals surface area (Å²) in [4.78, 5) is 8.68. The summed E-state index contributed by atoms with van der Waals surface area (Å²) in [6, 6.07) is 10.4. The van der Waals surface area contributed by atoms with Crippen molar-refractivity contribution in [3.05, 3.63) is 54.1 Å². The first-order valence-corrected chi connectivity index (χ1v) is 7.51. The van der Waals surface area contributed by atoms with Crippen molar-refractivity contribution in [2.24, 2.45) is 4.99 Å². The van der Waals surface area contributed by atoms with E-state index in [2.05, 4.69) is 70.2 Å². The summed E-state index contributed by atoms with van der Waals surface area (Å²) in [6.07, 6.45) is 3.84. The lowest BCUT2D eigenvalue weighted by molar-refractivity contribution is 0.500. The van der Waals surface area contributed by atoms with Crippen molar-refractivity contribution in [3.8, 4) is 0 Å². The molecule has 0 unspecified atom stereocenters. The molecule has 23 heavy (non-hydrogen) atoms. The number of rotatable bonds is 4. The minimum absolute atomic E-state index is 0. The van der Waals surface area contributed by atoms with Gasteiger partial charge in [-0.25, -0.2) is 4.98 Å². The fraction of sp³-hybridized carbons (Fsp3) is 0.412. The lowest BCUT2D eigenvalue weighted by Gasteiger charge is -2.23. The van der Waals surface area contributed by atoms with Crippen LogP contribution in [0.15, 0.2) is 47.7 Å². The third kappa shape index (κ3) is 6.60. The van der Waals surface area contributed by atoms with Gasteiger partial charge in [0.05, 0.1) is 6.54 Å². The van der Waals surface area contributed by atoms with Crippen LogP contribution in [0.1, 0.15) is 32.2 Å². The molecular formula is C17H26IN5. The van der Waals surface area contributed by atoms with Gasteiger partial charge in [0, 0.05) is 31.5 Å². The highest BCUT2D eigenvalue weighted by molar-refractivity contribution is 14.0. The zero-order valence-corrected chi connectivity index (χ0v) is 16.5. The molecule has 0 atom stereocenters. The van der Waals surface area contributed by atoms with Crippen LogP contribution < -0.4 is 10.6 Å². The fourth-order valence-electron chi connectivity index (χ4n) is 2.13. The van der Waals surface area contributed by atoms with E-state index < -0.39 is 0 Å². The molecule has 1 aromatic carbocycles. The molecule has 0 radical (unpaired) electrons. The Balaban J connectivity index is 0.00000264. The van der Waals surface area contributed by atoms with E-state index in [0.29, 0.717) is 6.54 Å². The Morgan fingerprint density at radius 1 is 1.22 bits per heavy atom. The first-order chi connectivity index (χ1) is 10.5. The van der Waals surface area contributed by atoms with Crippen LogP contribution in [0.25, 0.3) is 0 Å². The number of nitrogens with one attached hydrogen (secondary N) is 2. The summed E-state index contributed by atoms with van der Waals surface area (Å²) in [5.74, 6) is 1.77. The fourth-order valence-corrected chi connectivity index (χ4v) is 2.13. The second kappa shape index (κ2) is 8.90. The van der Waals surface area contributed by atoms with Gasteiger partial charge in [0.2, 0.25) is 0 Å². The van der Waals surface area contributed by atoms with Crippen molar-refractivity contribution in [2.75, 3.05) is 7.05 Å². The molecule has 2 aromatic rings. The molecule has 0 bridgehead atoms. The predicted molar refractivity (Wildman–Crippen MR) is 106 cm³/mol. The monoisotopic (exact) mass is 427 g/mol. The average Bonchev–Trinajstić information content (AvgIpc) is 2.90. The summed E-state index contributed by atoms with van der Waals surface area (Å²) in [5.41, 5.74) is 1.24. The Hall–Kier alpha value is -1.57. The van der Waals surface area contributed by atoms with Crippen LogP contribution in [0.3, 0.4) is 0 Å². The third-order valence-electron chi connectivity index (χ3n) is 3.13. The lowest BCUT2D eigenvalue weighted by Crippen LogP contribution is -2.47. The second-order valence-electron chi connectivity index (χ2n) is 6.26. The lowest BCUT2D eigenvalue weighted by atomic mass is 10.1. The van der Waals surface area contributed by atoms with Crippen molar-refractivity contribution in [3.63, 3.8) is 0 Å². The number of aromatic nitrogens is 2. The highest BCUT2D eigenvalue weighted by Crippen LogP contribution is 2.05. The zero-order chi connectivity index (χ0) is 16.0. The van der Waals surface area contributed by atoms with Gasteiger partial charge >= 0.3 is 0 Å². The Kier molecular flexibility index (Phi) is 7.54. The predicted octanol–water partition coefficient (Wildman–Crippen LogP) is 3.01. The molecule has 0 spiro atoms. The number of aliphatic imine (C=N–C) groups is 1. The van der Waals surface area contributed by atoms with E-state index in [9.17, 15) is 0 Å². The topological polar surface area (TPSA) is 54.2 Å². The Morgan fingerprint density at radius 2 is 1.91 bits per heavy atom. The molecule has 0 aliphatic heterocycles. The number of imidazole rings is 1. The van der Waals surface area contributed by atoms with E-state index in [1.807, 2.05) is 18.5 Å². The summed E-state index contributed by atoms with van der Waals surface area (Å²) in [7, 11) is 1.78. The first kappa shape index (κ1) is 19.5. The van der Waals surface area contributed by atoms with Crippen LogP contribution in [-0.4, -0.2) is 28.1 Å². The average molecular weight is 427 g/mol. The van der Waals surface area contributed by atoms with E-state index in [0.717, 1.165) is 18.3 Å². The SMILES string of the molecule is CN=C(NCc1nccn1Cc1ccccc1)NC(C)(C)C.I. The Morgan fingerprint density at radius 3 is 2.52 bits per heavy atom. The molecule has 0 saturated carbocycles. The smallest absolute Gasteiger partial charge is 0.191 e. The number of guanidine groups is 1. The van der Waals surface area contributed by atoms with Gasteiger partial charge in [-0.2, -0.15) is 0 Å². The second-order valence-corrected chi connectivity index (χ2v) is 6.26. The highest BCUT2D eigenvalue weighted by atomic mass is 127. The normalized spacial score (nSPS) is 11.7. The van der Waals surface area contributed by atoms with Crippen molar-refractivity contribution in [2.45, 2.75) is 39.4 Å². The molecule has 0 aliphatic rings. The molecule has 1 aromatic heterocycles. The number of halogens is 1. The van der Waals surface area contributed by atoms with Crippen LogP contribution in [0, 0.1) is 0 Å². The molecule has 1 heterocycles. The summed E-state index contributed by atoms with van der Waals surface area (Å²) >= 11 is 0. The number of nitrogens with zero attached hydrogens (tertiary/aromatic N) is 3. The summed E-state index contributed by atoms with van der Waals surface area (Å²) in [6.45, 7) is 7.78. The van der Waals surface area contributed by atoms with Crippen LogP contribution in [-0.2, 0) is 13.1 Å². The van der Waals surface area contributed by atoms with Crippen molar-refractivity contribution < 1.29 is 0 Å². The number of benzene rings is 1. The first-order valence-electron chi connectivity index (χ1n) is 7.51. The molecule has 0 aliphatic carbocycles. The highest BCUT2D eigenvalue weighted by Gasteiger charge is 2.12. The Labute approximate surface area is 155 Å². The van der Waals surface area contributed by atoms with E-state index >= 15 is 0 Å². The maximum Gasteiger partial charge on any atom is 0.191 e. The van der Waals surface area contributed by atoms with Gasteiger partial charge in [-0.3, -0.25) is 4.99 Å². The van der Waals surface area contributed by atoms with Gasteiger partial charge in [-0.05, 0) is 26.3 Å². The Bertz CT molecular complexity index is 613. The van der Waals surface area contributed by atoms with Crippen molar-refractivity contribution in [1.82, 2.24) is 20.2 Å². The van der Waals surface area contributed by atoms with E-state index in [4.69, 9.17) is 0 Å². The van der Waals surface area contributed by atoms with Gasteiger partial charge in [-0.1, -0.05) is 30.3 Å². The molecule has 0 amide bonds. The number of hydrogen-bond donors (Lipinski definition) is 2. The van der Waals surface area contributed by atoms with Crippen LogP contribution in [0.2, 0.25) is 0 Å². The molecule has 5 nitrogen and oxygen atoms in total. The molecule has 6 heteroatoms. The molecule has 126 valence electrons. The maximum absolute atomic E-state index is 4.43. The molecule has 0 fully saturated rings. The van der Waals surface area contributed by atoms with Crippen LogP contribution in [0.4, 0.5) is 0 Å². The zero-order valence-electron chi connectivity index (χ0n) is 14.2. The quantitative estimate of drug-likeness (QED) is 0.448. The van der Waals surface area contributed by atoms with Crippen LogP contribution >= 0.6 is 24.0 Å². The van der Waals surface area contributed by atoms with Gasteiger partial charge in [-0.15, -0.1) is 24.0 Å². The summed E-state index contributed by atoms with van der Waals surface area (Å²) in [5, 5.41) is 6.65. The van der Waals surface area contributed by atoms with Gasteiger partial charge in [0.25, 0.3) is 0 Å².